The van der Waals surface area contributed by atoms with Crippen LogP contribution in [0, 0.1) is 11.8 Å². The minimum atomic E-state index is -0.616. The van der Waals surface area contributed by atoms with E-state index in [2.05, 4.69) is 5.32 Å². The van der Waals surface area contributed by atoms with E-state index < -0.39 is 5.92 Å². The van der Waals surface area contributed by atoms with Crippen LogP contribution in [0.4, 0.5) is 0 Å². The van der Waals surface area contributed by atoms with Crippen molar-refractivity contribution in [3.8, 4) is 0 Å². The zero-order valence-corrected chi connectivity index (χ0v) is 11.7. The summed E-state index contributed by atoms with van der Waals surface area (Å²) in [6, 6.07) is -0.260. The largest absolute Gasteiger partial charge is 0.468 e. The van der Waals surface area contributed by atoms with Crippen LogP contribution >= 0.6 is 0 Å². The van der Waals surface area contributed by atoms with Crippen LogP contribution in [0.25, 0.3) is 0 Å². The fourth-order valence-electron chi connectivity index (χ4n) is 2.36. The first-order valence-corrected chi connectivity index (χ1v) is 6.47. The topological polar surface area (TPSA) is 58.6 Å². The van der Waals surface area contributed by atoms with Crippen LogP contribution in [0.2, 0.25) is 0 Å². The number of ketones is 1. The highest BCUT2D eigenvalue weighted by Gasteiger charge is 2.38. The molecular formula is C13H24N2O3. The molecule has 1 saturated heterocycles. The molecule has 104 valence electrons. The summed E-state index contributed by atoms with van der Waals surface area (Å²) in [6.45, 7) is 3.56. The van der Waals surface area contributed by atoms with E-state index in [-0.39, 0.29) is 23.7 Å². The number of hydrogen-bond donors (Lipinski definition) is 1. The lowest BCUT2D eigenvalue weighted by Crippen LogP contribution is -2.45. The second kappa shape index (κ2) is 6.85. The van der Waals surface area contributed by atoms with E-state index in [9.17, 15) is 9.59 Å². The normalized spacial score (nSPS) is 20.5. The van der Waals surface area contributed by atoms with Gasteiger partial charge in [-0.25, -0.2) is 0 Å². The van der Waals surface area contributed by atoms with Crippen molar-refractivity contribution in [1.82, 2.24) is 10.2 Å². The van der Waals surface area contributed by atoms with E-state index in [0.29, 0.717) is 0 Å². The molecule has 1 fully saturated rings. The van der Waals surface area contributed by atoms with Crippen LogP contribution in [0.15, 0.2) is 0 Å². The Hall–Kier alpha value is -0.940. The average molecular weight is 256 g/mol. The molecule has 1 heterocycles. The molecule has 0 amide bonds. The number of carbonyl (C=O) groups excluding carboxylic acids is 2. The summed E-state index contributed by atoms with van der Waals surface area (Å²) in [5.74, 6) is -0.928. The van der Waals surface area contributed by atoms with Crippen molar-refractivity contribution >= 4 is 11.8 Å². The van der Waals surface area contributed by atoms with Crippen LogP contribution in [0.5, 0.6) is 0 Å². The average Bonchev–Trinajstić information content (AvgIpc) is 2.38. The summed E-state index contributed by atoms with van der Waals surface area (Å²) < 4.78 is 4.82. The van der Waals surface area contributed by atoms with Gasteiger partial charge in [-0.2, -0.15) is 0 Å². The van der Waals surface area contributed by atoms with E-state index >= 15 is 0 Å². The second-order valence-corrected chi connectivity index (χ2v) is 5.13. The van der Waals surface area contributed by atoms with Crippen molar-refractivity contribution in [3.05, 3.63) is 0 Å². The molecule has 0 aromatic heterocycles. The van der Waals surface area contributed by atoms with Crippen molar-refractivity contribution < 1.29 is 14.3 Å². The first-order chi connectivity index (χ1) is 8.49. The maximum absolute atomic E-state index is 12.4. The Balaban J connectivity index is 2.83. The highest BCUT2D eigenvalue weighted by Crippen LogP contribution is 2.25. The number of methoxy groups -OCH3 is 1. The number of Topliss-reactive ketones (excluding diaryl/α,β-unsaturated/α-hetero) is 1. The van der Waals surface area contributed by atoms with Gasteiger partial charge in [-0.05, 0) is 52.9 Å². The summed E-state index contributed by atoms with van der Waals surface area (Å²) in [7, 11) is 5.04. The summed E-state index contributed by atoms with van der Waals surface area (Å²) in [6.07, 6.45) is 1.71. The smallest absolute Gasteiger partial charge is 0.316 e. The molecule has 5 nitrogen and oxygen atoms in total. The van der Waals surface area contributed by atoms with Gasteiger partial charge in [-0.3, -0.25) is 14.5 Å². The van der Waals surface area contributed by atoms with Crippen LogP contribution < -0.4 is 5.32 Å². The Kier molecular flexibility index (Phi) is 5.75. The molecule has 5 heteroatoms. The fraction of sp³-hybridized carbons (Fsp3) is 0.846. The van der Waals surface area contributed by atoms with Gasteiger partial charge in [0.2, 0.25) is 0 Å². The fourth-order valence-corrected chi connectivity index (χ4v) is 2.36. The summed E-state index contributed by atoms with van der Waals surface area (Å²) in [5.41, 5.74) is 0. The molecule has 2 atom stereocenters. The van der Waals surface area contributed by atoms with E-state index in [1.165, 1.54) is 7.11 Å². The van der Waals surface area contributed by atoms with E-state index in [1.807, 2.05) is 25.9 Å². The first kappa shape index (κ1) is 15.1. The molecule has 0 saturated carbocycles. The minimum Gasteiger partial charge on any atom is -0.468 e. The van der Waals surface area contributed by atoms with Gasteiger partial charge >= 0.3 is 5.97 Å². The summed E-state index contributed by atoms with van der Waals surface area (Å²) >= 11 is 0. The van der Waals surface area contributed by atoms with Crippen LogP contribution in [-0.4, -0.2) is 57.0 Å². The molecule has 0 radical (unpaired) electrons. The van der Waals surface area contributed by atoms with Gasteiger partial charge in [0, 0.05) is 0 Å². The highest BCUT2D eigenvalue weighted by atomic mass is 16.5. The zero-order valence-electron chi connectivity index (χ0n) is 11.7. The second-order valence-electron chi connectivity index (χ2n) is 5.13. The Morgan fingerprint density at radius 3 is 2.28 bits per heavy atom. The Bertz CT molecular complexity index is 299. The number of carbonyl (C=O) groups is 2. The standard InChI is InChI=1S/C13H24N2O3/c1-9(15(2)3)12(16)11(13(17)18-4)10-5-7-14-8-6-10/h9-11,14H,5-8H2,1-4H3. The molecule has 2 unspecified atom stereocenters. The molecule has 0 aliphatic carbocycles. The van der Waals surface area contributed by atoms with Crippen molar-refractivity contribution in [2.45, 2.75) is 25.8 Å². The maximum atomic E-state index is 12.4. The molecule has 1 aliphatic rings. The summed E-state index contributed by atoms with van der Waals surface area (Å²) in [4.78, 5) is 26.2. The molecular weight excluding hydrogens is 232 g/mol. The van der Waals surface area contributed by atoms with Crippen molar-refractivity contribution in [1.29, 1.82) is 0 Å². The van der Waals surface area contributed by atoms with Crippen molar-refractivity contribution in [2.24, 2.45) is 11.8 Å². The molecule has 0 bridgehead atoms. The van der Waals surface area contributed by atoms with Crippen molar-refractivity contribution in [3.63, 3.8) is 0 Å². The zero-order chi connectivity index (χ0) is 13.7. The molecule has 1 aliphatic heterocycles. The van der Waals surface area contributed by atoms with Gasteiger partial charge in [0.25, 0.3) is 0 Å². The van der Waals surface area contributed by atoms with E-state index in [4.69, 9.17) is 4.74 Å². The SMILES string of the molecule is COC(=O)C(C(=O)C(C)N(C)C)C1CCNCC1. The number of likely N-dealkylation sites (N-methyl/N-ethyl adjacent to an activating group) is 1. The lowest BCUT2D eigenvalue weighted by molar-refractivity contribution is -0.153. The third-order valence-corrected chi connectivity index (χ3v) is 3.80. The van der Waals surface area contributed by atoms with Gasteiger partial charge in [-0.15, -0.1) is 0 Å². The monoisotopic (exact) mass is 256 g/mol. The minimum absolute atomic E-state index is 0.0289. The van der Waals surface area contributed by atoms with Gasteiger partial charge in [0.15, 0.2) is 5.78 Å². The number of esters is 1. The Morgan fingerprint density at radius 1 is 1.28 bits per heavy atom. The van der Waals surface area contributed by atoms with E-state index in [1.54, 1.807) is 0 Å². The van der Waals surface area contributed by atoms with Crippen molar-refractivity contribution in [2.75, 3.05) is 34.3 Å². The lowest BCUT2D eigenvalue weighted by Gasteiger charge is -2.31. The van der Waals surface area contributed by atoms with Crippen LogP contribution in [0.1, 0.15) is 19.8 Å². The number of rotatable bonds is 5. The van der Waals surface area contributed by atoms with Gasteiger partial charge in [0.1, 0.15) is 5.92 Å². The number of piperidine rings is 1. The maximum Gasteiger partial charge on any atom is 0.316 e. The third kappa shape index (κ3) is 3.53. The molecule has 18 heavy (non-hydrogen) atoms. The van der Waals surface area contributed by atoms with Gasteiger partial charge in [-0.1, -0.05) is 0 Å². The highest BCUT2D eigenvalue weighted by molar-refractivity contribution is 6.01. The van der Waals surface area contributed by atoms with E-state index in [0.717, 1.165) is 25.9 Å². The number of nitrogens with zero attached hydrogens (tertiary/aromatic N) is 1. The lowest BCUT2D eigenvalue weighted by atomic mass is 9.80. The molecule has 1 rings (SSSR count). The third-order valence-electron chi connectivity index (χ3n) is 3.80. The van der Waals surface area contributed by atoms with Gasteiger partial charge < -0.3 is 10.1 Å². The predicted molar refractivity (Wildman–Crippen MR) is 69.3 cm³/mol. The first-order valence-electron chi connectivity index (χ1n) is 6.47. The van der Waals surface area contributed by atoms with Crippen LogP contribution in [0.3, 0.4) is 0 Å². The number of ether oxygens (including phenoxy) is 1. The quantitative estimate of drug-likeness (QED) is 0.566. The summed E-state index contributed by atoms with van der Waals surface area (Å²) in [5, 5.41) is 3.24. The number of nitrogens with one attached hydrogen (secondary N) is 1. The Morgan fingerprint density at radius 2 is 1.83 bits per heavy atom. The number of hydrogen-bond acceptors (Lipinski definition) is 5. The van der Waals surface area contributed by atoms with Crippen LogP contribution in [-0.2, 0) is 14.3 Å². The molecule has 0 aromatic carbocycles. The molecule has 0 aromatic rings. The van der Waals surface area contributed by atoms with Gasteiger partial charge in [0.05, 0.1) is 13.2 Å². The molecule has 0 spiro atoms. The Labute approximate surface area is 109 Å². The predicted octanol–water partition coefficient (Wildman–Crippen LogP) is 0.294. The molecule has 1 N–H and O–H groups in total.